The van der Waals surface area contributed by atoms with Gasteiger partial charge in [-0.05, 0) is 34.1 Å². The number of carbonyl (C=O) groups excluding carboxylic acids is 1. The van der Waals surface area contributed by atoms with Crippen LogP contribution >= 0.6 is 15.9 Å². The summed E-state index contributed by atoms with van der Waals surface area (Å²) < 4.78 is 43.4. The standard InChI is InChI=1S/C14H15BrF3NO2/c1-3-6-19(7-8-21-2)13(20)11-9-10(14(16,17)18)4-5-12(11)15/h3-5,9H,1,6-8H2,2H3. The number of ether oxygens (including phenoxy) is 1. The van der Waals surface area contributed by atoms with E-state index in [1.807, 2.05) is 0 Å². The molecule has 0 aromatic heterocycles. The Morgan fingerprint density at radius 3 is 2.67 bits per heavy atom. The van der Waals surface area contributed by atoms with Gasteiger partial charge in [0.05, 0.1) is 17.7 Å². The van der Waals surface area contributed by atoms with E-state index >= 15 is 0 Å². The lowest BCUT2D eigenvalue weighted by atomic mass is 10.1. The zero-order valence-corrected chi connectivity index (χ0v) is 13.0. The first-order chi connectivity index (χ1) is 9.81. The number of rotatable bonds is 6. The molecule has 0 saturated carbocycles. The van der Waals surface area contributed by atoms with Crippen molar-refractivity contribution in [2.45, 2.75) is 6.18 Å². The van der Waals surface area contributed by atoms with Gasteiger partial charge in [0.2, 0.25) is 0 Å². The summed E-state index contributed by atoms with van der Waals surface area (Å²) in [5, 5.41) is 0. The Kier molecular flexibility index (Phi) is 6.42. The highest BCUT2D eigenvalue weighted by Gasteiger charge is 2.32. The van der Waals surface area contributed by atoms with Crippen molar-refractivity contribution in [3.05, 3.63) is 46.5 Å². The first kappa shape index (κ1) is 17.7. The number of hydrogen-bond acceptors (Lipinski definition) is 2. The third kappa shape index (κ3) is 4.86. The summed E-state index contributed by atoms with van der Waals surface area (Å²) in [7, 11) is 1.48. The van der Waals surface area contributed by atoms with Crippen molar-refractivity contribution < 1.29 is 22.7 Å². The van der Waals surface area contributed by atoms with Gasteiger partial charge < -0.3 is 9.64 Å². The van der Waals surface area contributed by atoms with Crippen LogP contribution in [0.1, 0.15) is 15.9 Å². The van der Waals surface area contributed by atoms with Gasteiger partial charge in [-0.3, -0.25) is 4.79 Å². The molecule has 0 aliphatic rings. The van der Waals surface area contributed by atoms with Gasteiger partial charge in [0.15, 0.2) is 0 Å². The molecular formula is C14H15BrF3NO2. The number of nitrogens with zero attached hydrogens (tertiary/aromatic N) is 1. The minimum absolute atomic E-state index is 0.0391. The van der Waals surface area contributed by atoms with Crippen molar-refractivity contribution in [2.75, 3.05) is 26.8 Å². The molecular weight excluding hydrogens is 351 g/mol. The summed E-state index contributed by atoms with van der Waals surface area (Å²) >= 11 is 3.11. The highest BCUT2D eigenvalue weighted by atomic mass is 79.9. The van der Waals surface area contributed by atoms with Crippen molar-refractivity contribution in [3.63, 3.8) is 0 Å². The number of benzene rings is 1. The van der Waals surface area contributed by atoms with E-state index in [0.29, 0.717) is 4.47 Å². The van der Waals surface area contributed by atoms with E-state index in [2.05, 4.69) is 22.5 Å². The van der Waals surface area contributed by atoms with Crippen molar-refractivity contribution in [2.24, 2.45) is 0 Å². The van der Waals surface area contributed by atoms with Crippen LogP contribution in [-0.4, -0.2) is 37.6 Å². The second-order valence-corrected chi connectivity index (χ2v) is 5.08. The minimum atomic E-state index is -4.49. The normalized spacial score (nSPS) is 11.3. The fourth-order valence-electron chi connectivity index (χ4n) is 1.67. The lowest BCUT2D eigenvalue weighted by molar-refractivity contribution is -0.137. The van der Waals surface area contributed by atoms with Gasteiger partial charge >= 0.3 is 6.18 Å². The van der Waals surface area contributed by atoms with E-state index in [-0.39, 0.29) is 25.3 Å². The maximum Gasteiger partial charge on any atom is 0.416 e. The topological polar surface area (TPSA) is 29.5 Å². The van der Waals surface area contributed by atoms with Crippen LogP contribution in [0.25, 0.3) is 0 Å². The molecule has 0 saturated heterocycles. The molecule has 0 bridgehead atoms. The highest BCUT2D eigenvalue weighted by molar-refractivity contribution is 9.10. The number of methoxy groups -OCH3 is 1. The molecule has 0 aliphatic carbocycles. The average Bonchev–Trinajstić information content (AvgIpc) is 2.42. The van der Waals surface area contributed by atoms with Crippen molar-refractivity contribution in [3.8, 4) is 0 Å². The van der Waals surface area contributed by atoms with Crippen LogP contribution < -0.4 is 0 Å². The Bertz CT molecular complexity index is 517. The van der Waals surface area contributed by atoms with Gasteiger partial charge in [0.1, 0.15) is 0 Å². The third-order valence-electron chi connectivity index (χ3n) is 2.73. The number of amides is 1. The predicted octanol–water partition coefficient (Wildman–Crippen LogP) is 3.74. The summed E-state index contributed by atoms with van der Waals surface area (Å²) in [5.74, 6) is -0.509. The summed E-state index contributed by atoms with van der Waals surface area (Å²) in [4.78, 5) is 13.7. The number of hydrogen-bond donors (Lipinski definition) is 0. The smallest absolute Gasteiger partial charge is 0.383 e. The first-order valence-corrected chi connectivity index (χ1v) is 6.86. The van der Waals surface area contributed by atoms with Gasteiger partial charge in [0.25, 0.3) is 5.91 Å². The molecule has 0 aliphatic heterocycles. The van der Waals surface area contributed by atoms with E-state index in [1.54, 1.807) is 0 Å². The van der Waals surface area contributed by atoms with Gasteiger partial charge in [0, 0.05) is 24.7 Å². The van der Waals surface area contributed by atoms with Crippen molar-refractivity contribution in [1.29, 1.82) is 0 Å². The predicted molar refractivity (Wildman–Crippen MR) is 77.1 cm³/mol. The molecule has 0 heterocycles. The van der Waals surface area contributed by atoms with E-state index in [9.17, 15) is 18.0 Å². The SMILES string of the molecule is C=CCN(CCOC)C(=O)c1cc(C(F)(F)F)ccc1Br. The van der Waals surface area contributed by atoms with Crippen LogP contribution in [0.4, 0.5) is 13.2 Å². The van der Waals surface area contributed by atoms with Crippen LogP contribution in [0.5, 0.6) is 0 Å². The number of carbonyl (C=O) groups is 1. The first-order valence-electron chi connectivity index (χ1n) is 6.07. The molecule has 1 aromatic carbocycles. The second-order valence-electron chi connectivity index (χ2n) is 4.23. The summed E-state index contributed by atoms with van der Waals surface area (Å²) in [6.07, 6.45) is -2.99. The van der Waals surface area contributed by atoms with Crippen LogP contribution in [0, 0.1) is 0 Å². The fourth-order valence-corrected chi connectivity index (χ4v) is 2.09. The van der Waals surface area contributed by atoms with E-state index in [0.717, 1.165) is 12.1 Å². The molecule has 116 valence electrons. The van der Waals surface area contributed by atoms with Crippen LogP contribution in [-0.2, 0) is 10.9 Å². The highest BCUT2D eigenvalue weighted by Crippen LogP contribution is 2.32. The number of halogens is 4. The summed E-state index contributed by atoms with van der Waals surface area (Å²) in [6, 6.07) is 2.99. The lowest BCUT2D eigenvalue weighted by Crippen LogP contribution is -2.34. The Morgan fingerprint density at radius 2 is 2.14 bits per heavy atom. The molecule has 1 aromatic rings. The zero-order chi connectivity index (χ0) is 16.0. The second kappa shape index (κ2) is 7.61. The molecule has 3 nitrogen and oxygen atoms in total. The van der Waals surface area contributed by atoms with E-state index in [1.165, 1.54) is 24.2 Å². The lowest BCUT2D eigenvalue weighted by Gasteiger charge is -2.22. The van der Waals surface area contributed by atoms with Gasteiger partial charge in [-0.2, -0.15) is 13.2 Å². The van der Waals surface area contributed by atoms with Crippen LogP contribution in [0.2, 0.25) is 0 Å². The summed E-state index contributed by atoms with van der Waals surface area (Å²) in [6.45, 7) is 4.32. The molecule has 0 radical (unpaired) electrons. The van der Waals surface area contributed by atoms with Gasteiger partial charge in [-0.1, -0.05) is 6.08 Å². The largest absolute Gasteiger partial charge is 0.416 e. The zero-order valence-electron chi connectivity index (χ0n) is 11.4. The Hall–Kier alpha value is -1.34. The molecule has 1 rings (SSSR count). The average molecular weight is 366 g/mol. The number of alkyl halides is 3. The molecule has 0 atom stereocenters. The molecule has 0 unspecified atom stereocenters. The van der Waals surface area contributed by atoms with Crippen LogP contribution in [0.3, 0.4) is 0 Å². The minimum Gasteiger partial charge on any atom is -0.383 e. The van der Waals surface area contributed by atoms with Gasteiger partial charge in [-0.25, -0.2) is 0 Å². The molecule has 0 fully saturated rings. The molecule has 1 amide bonds. The monoisotopic (exact) mass is 365 g/mol. The summed E-state index contributed by atoms with van der Waals surface area (Å²) in [5.41, 5.74) is -0.901. The van der Waals surface area contributed by atoms with Crippen LogP contribution in [0.15, 0.2) is 35.3 Å². The molecule has 7 heteroatoms. The van der Waals surface area contributed by atoms with Crippen molar-refractivity contribution in [1.82, 2.24) is 4.90 Å². The Balaban J connectivity index is 3.11. The third-order valence-corrected chi connectivity index (χ3v) is 3.42. The maximum atomic E-state index is 12.7. The Morgan fingerprint density at radius 1 is 1.48 bits per heavy atom. The fraction of sp³-hybridized carbons (Fsp3) is 0.357. The van der Waals surface area contributed by atoms with E-state index in [4.69, 9.17) is 4.74 Å². The molecule has 21 heavy (non-hydrogen) atoms. The van der Waals surface area contributed by atoms with Crippen molar-refractivity contribution >= 4 is 21.8 Å². The molecule has 0 N–H and O–H groups in total. The van der Waals surface area contributed by atoms with E-state index < -0.39 is 17.6 Å². The Labute approximate surface area is 129 Å². The molecule has 0 spiro atoms. The maximum absolute atomic E-state index is 12.7. The van der Waals surface area contributed by atoms with Gasteiger partial charge in [-0.15, -0.1) is 6.58 Å². The quantitative estimate of drug-likeness (QED) is 0.718.